The van der Waals surface area contributed by atoms with E-state index in [1.54, 1.807) is 6.20 Å². The third kappa shape index (κ3) is 2.64. The van der Waals surface area contributed by atoms with E-state index in [2.05, 4.69) is 26.9 Å². The van der Waals surface area contributed by atoms with Gasteiger partial charge in [-0.05, 0) is 18.1 Å². The maximum absolute atomic E-state index is 6.00. The molecule has 3 rings (SSSR count). The number of nitrogens with two attached hydrogens (primary N) is 1. The molecule has 0 spiro atoms. The first-order valence-electron chi connectivity index (χ1n) is 6.44. The number of hydrogen-bond acceptors (Lipinski definition) is 6. The SMILES string of the molecule is CC1CN(Cc2nc(-c3ccccn3)no2)CC1N. The van der Waals surface area contributed by atoms with Gasteiger partial charge in [-0.3, -0.25) is 9.88 Å². The molecule has 0 amide bonds. The van der Waals surface area contributed by atoms with E-state index in [-0.39, 0.29) is 6.04 Å². The van der Waals surface area contributed by atoms with Crippen LogP contribution in [0.15, 0.2) is 28.9 Å². The van der Waals surface area contributed by atoms with Gasteiger partial charge in [0.25, 0.3) is 0 Å². The second kappa shape index (κ2) is 5.07. The third-order valence-corrected chi connectivity index (χ3v) is 3.47. The Labute approximate surface area is 111 Å². The fourth-order valence-electron chi connectivity index (χ4n) is 2.33. The van der Waals surface area contributed by atoms with Gasteiger partial charge in [-0.15, -0.1) is 0 Å². The summed E-state index contributed by atoms with van der Waals surface area (Å²) < 4.78 is 5.27. The van der Waals surface area contributed by atoms with E-state index in [9.17, 15) is 0 Å². The van der Waals surface area contributed by atoms with Crippen LogP contribution in [0.2, 0.25) is 0 Å². The molecular weight excluding hydrogens is 242 g/mol. The van der Waals surface area contributed by atoms with Crippen molar-refractivity contribution in [1.29, 1.82) is 0 Å². The minimum absolute atomic E-state index is 0.234. The van der Waals surface area contributed by atoms with Gasteiger partial charge in [0.1, 0.15) is 5.69 Å². The zero-order valence-corrected chi connectivity index (χ0v) is 10.9. The van der Waals surface area contributed by atoms with Crippen molar-refractivity contribution in [2.24, 2.45) is 11.7 Å². The largest absolute Gasteiger partial charge is 0.337 e. The van der Waals surface area contributed by atoms with Gasteiger partial charge in [0.15, 0.2) is 0 Å². The molecule has 1 fully saturated rings. The molecule has 3 heterocycles. The predicted octanol–water partition coefficient (Wildman–Crippen LogP) is 0.911. The van der Waals surface area contributed by atoms with Crippen molar-refractivity contribution in [2.75, 3.05) is 13.1 Å². The molecule has 0 aliphatic carbocycles. The van der Waals surface area contributed by atoms with Crippen molar-refractivity contribution < 1.29 is 4.52 Å². The van der Waals surface area contributed by atoms with E-state index in [0.717, 1.165) is 18.8 Å². The molecule has 0 radical (unpaired) electrons. The zero-order valence-electron chi connectivity index (χ0n) is 10.9. The molecule has 100 valence electrons. The Morgan fingerprint density at radius 1 is 1.42 bits per heavy atom. The first-order chi connectivity index (χ1) is 9.22. The van der Waals surface area contributed by atoms with Crippen LogP contribution in [0.25, 0.3) is 11.5 Å². The lowest BCUT2D eigenvalue weighted by Gasteiger charge is -2.11. The first-order valence-corrected chi connectivity index (χ1v) is 6.44. The quantitative estimate of drug-likeness (QED) is 0.882. The van der Waals surface area contributed by atoms with E-state index in [4.69, 9.17) is 10.3 Å². The van der Waals surface area contributed by atoms with Crippen LogP contribution in [-0.4, -0.2) is 39.2 Å². The van der Waals surface area contributed by atoms with Crippen LogP contribution < -0.4 is 5.73 Å². The Kier molecular flexibility index (Phi) is 3.27. The maximum Gasteiger partial charge on any atom is 0.241 e. The van der Waals surface area contributed by atoms with Crippen molar-refractivity contribution in [2.45, 2.75) is 19.5 Å². The van der Waals surface area contributed by atoms with Crippen LogP contribution in [-0.2, 0) is 6.54 Å². The van der Waals surface area contributed by atoms with E-state index in [1.807, 2.05) is 18.2 Å². The van der Waals surface area contributed by atoms with Gasteiger partial charge in [-0.1, -0.05) is 18.1 Å². The van der Waals surface area contributed by atoms with Crippen LogP contribution in [0.1, 0.15) is 12.8 Å². The molecule has 2 unspecified atom stereocenters. The van der Waals surface area contributed by atoms with Gasteiger partial charge in [0.05, 0.1) is 6.54 Å². The molecular formula is C13H17N5O. The summed E-state index contributed by atoms with van der Waals surface area (Å²) in [7, 11) is 0. The molecule has 0 saturated carbocycles. The Morgan fingerprint density at radius 2 is 2.32 bits per heavy atom. The summed E-state index contributed by atoms with van der Waals surface area (Å²) in [5.74, 6) is 1.66. The highest BCUT2D eigenvalue weighted by atomic mass is 16.5. The van der Waals surface area contributed by atoms with Gasteiger partial charge in [0, 0.05) is 25.3 Å². The smallest absolute Gasteiger partial charge is 0.241 e. The molecule has 0 bridgehead atoms. The summed E-state index contributed by atoms with van der Waals surface area (Å²) in [5.41, 5.74) is 6.73. The van der Waals surface area contributed by atoms with E-state index >= 15 is 0 Å². The molecule has 6 heteroatoms. The fourth-order valence-corrected chi connectivity index (χ4v) is 2.33. The average molecular weight is 259 g/mol. The highest BCUT2D eigenvalue weighted by molar-refractivity contribution is 5.46. The van der Waals surface area contributed by atoms with Crippen LogP contribution >= 0.6 is 0 Å². The molecule has 2 aromatic heterocycles. The summed E-state index contributed by atoms with van der Waals surface area (Å²) in [6.07, 6.45) is 1.71. The summed E-state index contributed by atoms with van der Waals surface area (Å²) >= 11 is 0. The lowest BCUT2D eigenvalue weighted by molar-refractivity contribution is 0.261. The van der Waals surface area contributed by atoms with Crippen molar-refractivity contribution in [3.63, 3.8) is 0 Å². The Hall–Kier alpha value is -1.79. The van der Waals surface area contributed by atoms with Gasteiger partial charge in [0.2, 0.25) is 11.7 Å². The van der Waals surface area contributed by atoms with Gasteiger partial charge >= 0.3 is 0 Å². The number of rotatable bonds is 3. The van der Waals surface area contributed by atoms with Crippen LogP contribution in [0.4, 0.5) is 0 Å². The minimum Gasteiger partial charge on any atom is -0.337 e. The Bertz CT molecular complexity index is 531. The molecule has 1 aliphatic rings. The van der Waals surface area contributed by atoms with Crippen molar-refractivity contribution in [1.82, 2.24) is 20.0 Å². The number of likely N-dealkylation sites (tertiary alicyclic amines) is 1. The third-order valence-electron chi connectivity index (χ3n) is 3.47. The monoisotopic (exact) mass is 259 g/mol. The van der Waals surface area contributed by atoms with Crippen molar-refractivity contribution in [3.8, 4) is 11.5 Å². The van der Waals surface area contributed by atoms with Gasteiger partial charge < -0.3 is 10.3 Å². The van der Waals surface area contributed by atoms with E-state index in [0.29, 0.717) is 24.2 Å². The zero-order chi connectivity index (χ0) is 13.2. The van der Waals surface area contributed by atoms with E-state index < -0.39 is 0 Å². The molecule has 19 heavy (non-hydrogen) atoms. The van der Waals surface area contributed by atoms with Crippen molar-refractivity contribution >= 4 is 0 Å². The summed E-state index contributed by atoms with van der Waals surface area (Å²) in [4.78, 5) is 10.8. The predicted molar refractivity (Wildman–Crippen MR) is 69.9 cm³/mol. The lowest BCUT2D eigenvalue weighted by atomic mass is 10.1. The number of pyridine rings is 1. The van der Waals surface area contributed by atoms with E-state index in [1.165, 1.54) is 0 Å². The highest BCUT2D eigenvalue weighted by Gasteiger charge is 2.27. The summed E-state index contributed by atoms with van der Waals surface area (Å²) in [6, 6.07) is 5.86. The normalized spacial score (nSPS) is 23.9. The maximum atomic E-state index is 6.00. The number of hydrogen-bond donors (Lipinski definition) is 1. The Morgan fingerprint density at radius 3 is 3.00 bits per heavy atom. The molecule has 1 saturated heterocycles. The lowest BCUT2D eigenvalue weighted by Crippen LogP contribution is -2.28. The summed E-state index contributed by atoms with van der Waals surface area (Å²) in [6.45, 7) is 4.67. The van der Waals surface area contributed by atoms with Crippen LogP contribution in [0.5, 0.6) is 0 Å². The molecule has 6 nitrogen and oxygen atoms in total. The molecule has 1 aliphatic heterocycles. The van der Waals surface area contributed by atoms with Gasteiger partial charge in [-0.25, -0.2) is 0 Å². The average Bonchev–Trinajstić information content (AvgIpc) is 2.99. The molecule has 0 aromatic carbocycles. The fraction of sp³-hybridized carbons (Fsp3) is 0.462. The number of aromatic nitrogens is 3. The van der Waals surface area contributed by atoms with Crippen LogP contribution in [0.3, 0.4) is 0 Å². The second-order valence-corrected chi connectivity index (χ2v) is 5.06. The molecule has 2 atom stereocenters. The number of nitrogens with zero attached hydrogens (tertiary/aromatic N) is 4. The standard InChI is InChI=1S/C13H17N5O/c1-9-6-18(7-10(9)14)8-12-16-13(17-19-12)11-4-2-3-5-15-11/h2-5,9-10H,6-8,14H2,1H3. The first kappa shape index (κ1) is 12.3. The molecule has 2 aromatic rings. The second-order valence-electron chi connectivity index (χ2n) is 5.06. The Balaban J connectivity index is 1.69. The van der Waals surface area contributed by atoms with Crippen molar-refractivity contribution in [3.05, 3.63) is 30.3 Å². The van der Waals surface area contributed by atoms with Crippen LogP contribution in [0, 0.1) is 5.92 Å². The minimum atomic E-state index is 0.234. The topological polar surface area (TPSA) is 81.1 Å². The highest BCUT2D eigenvalue weighted by Crippen LogP contribution is 2.18. The molecule has 2 N–H and O–H groups in total. The summed E-state index contributed by atoms with van der Waals surface area (Å²) in [5, 5.41) is 3.96. The van der Waals surface area contributed by atoms with Gasteiger partial charge in [-0.2, -0.15) is 4.98 Å².